The summed E-state index contributed by atoms with van der Waals surface area (Å²) >= 11 is 0. The van der Waals surface area contributed by atoms with Gasteiger partial charge >= 0.3 is 0 Å². The lowest BCUT2D eigenvalue weighted by Crippen LogP contribution is -2.29. The molecule has 1 fully saturated rings. The zero-order valence-electron chi connectivity index (χ0n) is 12.1. The maximum Gasteiger partial charge on any atom is 0.139 e. The summed E-state index contributed by atoms with van der Waals surface area (Å²) in [6.45, 7) is 2.33. The fourth-order valence-corrected chi connectivity index (χ4v) is 2.74. The van der Waals surface area contributed by atoms with Crippen LogP contribution in [0.1, 0.15) is 51.0 Å². The normalized spacial score (nSPS) is 21.9. The van der Waals surface area contributed by atoms with Crippen molar-refractivity contribution in [3.8, 4) is 17.6 Å². The van der Waals surface area contributed by atoms with E-state index in [-0.39, 0.29) is 6.61 Å². The molecule has 0 saturated heterocycles. The second kappa shape index (κ2) is 7.91. The van der Waals surface area contributed by atoms with Crippen molar-refractivity contribution in [1.29, 1.82) is 0 Å². The Balaban J connectivity index is 2.02. The molecule has 1 aromatic rings. The lowest BCUT2D eigenvalue weighted by Gasteiger charge is -2.31. The van der Waals surface area contributed by atoms with Gasteiger partial charge in [-0.3, -0.25) is 4.98 Å². The Kier molecular flexibility index (Phi) is 5.88. The number of hydrogen-bond acceptors (Lipinski definition) is 3. The molecule has 108 valence electrons. The van der Waals surface area contributed by atoms with Gasteiger partial charge in [-0.15, -0.1) is 0 Å². The van der Waals surface area contributed by atoms with Crippen LogP contribution in [0.15, 0.2) is 18.5 Å². The Bertz CT molecular complexity index is 475. The van der Waals surface area contributed by atoms with Crippen LogP contribution in [0.2, 0.25) is 0 Å². The molecule has 0 aromatic carbocycles. The van der Waals surface area contributed by atoms with Crippen molar-refractivity contribution < 1.29 is 9.84 Å². The third-order valence-corrected chi connectivity index (χ3v) is 3.83. The third kappa shape index (κ3) is 4.25. The van der Waals surface area contributed by atoms with Crippen LogP contribution in [-0.4, -0.2) is 22.8 Å². The molecular formula is C17H23NO2. The number of ether oxygens (including phenoxy) is 1. The van der Waals surface area contributed by atoms with E-state index in [4.69, 9.17) is 9.84 Å². The highest BCUT2D eigenvalue weighted by atomic mass is 16.5. The molecule has 1 aliphatic carbocycles. The van der Waals surface area contributed by atoms with Gasteiger partial charge in [-0.1, -0.05) is 25.2 Å². The number of nitrogens with zero attached hydrogens (tertiary/aromatic N) is 1. The van der Waals surface area contributed by atoms with Crippen LogP contribution in [0, 0.1) is 17.8 Å². The minimum Gasteiger partial charge on any atom is -0.488 e. The van der Waals surface area contributed by atoms with Crippen molar-refractivity contribution in [3.05, 3.63) is 24.0 Å². The molecule has 0 spiro atoms. The van der Waals surface area contributed by atoms with Crippen molar-refractivity contribution >= 4 is 0 Å². The lowest BCUT2D eigenvalue weighted by molar-refractivity contribution is 0.0900. The zero-order valence-corrected chi connectivity index (χ0v) is 12.1. The minimum atomic E-state index is 0.0941. The summed E-state index contributed by atoms with van der Waals surface area (Å²) in [7, 11) is 0. The van der Waals surface area contributed by atoms with Gasteiger partial charge < -0.3 is 9.84 Å². The van der Waals surface area contributed by atoms with E-state index in [1.165, 1.54) is 25.7 Å². The quantitative estimate of drug-likeness (QED) is 0.857. The number of pyridine rings is 1. The maximum absolute atomic E-state index is 8.73. The van der Waals surface area contributed by atoms with E-state index in [9.17, 15) is 0 Å². The van der Waals surface area contributed by atoms with Crippen LogP contribution in [-0.2, 0) is 0 Å². The summed E-state index contributed by atoms with van der Waals surface area (Å²) in [5.74, 6) is 7.37. The van der Waals surface area contributed by atoms with Crippen LogP contribution in [0.4, 0.5) is 0 Å². The largest absolute Gasteiger partial charge is 0.488 e. The van der Waals surface area contributed by atoms with Crippen molar-refractivity contribution in [1.82, 2.24) is 4.98 Å². The highest BCUT2D eigenvalue weighted by molar-refractivity contribution is 5.36. The van der Waals surface area contributed by atoms with Crippen molar-refractivity contribution in [2.24, 2.45) is 5.92 Å². The van der Waals surface area contributed by atoms with Crippen molar-refractivity contribution in [2.75, 3.05) is 6.61 Å². The van der Waals surface area contributed by atoms with E-state index >= 15 is 0 Å². The second-order valence-electron chi connectivity index (χ2n) is 5.29. The van der Waals surface area contributed by atoms with Crippen molar-refractivity contribution in [3.63, 3.8) is 0 Å². The summed E-state index contributed by atoms with van der Waals surface area (Å²) in [5.41, 5.74) is 0.847. The molecule has 1 heterocycles. The topological polar surface area (TPSA) is 42.4 Å². The van der Waals surface area contributed by atoms with Crippen LogP contribution < -0.4 is 4.74 Å². The Labute approximate surface area is 121 Å². The van der Waals surface area contributed by atoms with Gasteiger partial charge in [0.25, 0.3) is 0 Å². The average Bonchev–Trinajstić information content (AvgIpc) is 2.48. The van der Waals surface area contributed by atoms with E-state index in [2.05, 4.69) is 23.7 Å². The molecular weight excluding hydrogens is 250 g/mol. The number of rotatable bonds is 4. The molecule has 0 radical (unpaired) electrons. The van der Waals surface area contributed by atoms with Crippen LogP contribution in [0.5, 0.6) is 5.75 Å². The van der Waals surface area contributed by atoms with E-state index in [0.717, 1.165) is 17.7 Å². The predicted octanol–water partition coefficient (Wildman–Crippen LogP) is 3.16. The van der Waals surface area contributed by atoms with Gasteiger partial charge in [0.1, 0.15) is 11.9 Å². The van der Waals surface area contributed by atoms with E-state index < -0.39 is 0 Å². The monoisotopic (exact) mass is 273 g/mol. The Hall–Kier alpha value is -1.53. The molecule has 2 rings (SSSR count). The first-order valence-electron chi connectivity index (χ1n) is 7.55. The Morgan fingerprint density at radius 3 is 3.00 bits per heavy atom. The number of aromatic nitrogens is 1. The summed E-state index contributed by atoms with van der Waals surface area (Å²) in [5, 5.41) is 8.73. The molecule has 1 N–H and O–H groups in total. The molecule has 2 unspecified atom stereocenters. The molecule has 2 atom stereocenters. The van der Waals surface area contributed by atoms with Gasteiger partial charge in [0.15, 0.2) is 0 Å². The average molecular weight is 273 g/mol. The predicted molar refractivity (Wildman–Crippen MR) is 79.5 cm³/mol. The zero-order chi connectivity index (χ0) is 14.2. The first-order valence-corrected chi connectivity index (χ1v) is 7.55. The molecule has 1 saturated carbocycles. The van der Waals surface area contributed by atoms with E-state index in [1.807, 2.05) is 6.07 Å². The molecule has 0 amide bonds. The lowest BCUT2D eigenvalue weighted by atomic mass is 9.85. The molecule has 0 aliphatic heterocycles. The summed E-state index contributed by atoms with van der Waals surface area (Å²) in [6.07, 6.45) is 10.5. The molecule has 3 nitrogen and oxygen atoms in total. The van der Waals surface area contributed by atoms with Crippen molar-refractivity contribution in [2.45, 2.75) is 51.6 Å². The van der Waals surface area contributed by atoms with Crippen LogP contribution in [0.25, 0.3) is 0 Å². The second-order valence-corrected chi connectivity index (χ2v) is 5.29. The fraction of sp³-hybridized carbons (Fsp3) is 0.588. The van der Waals surface area contributed by atoms with Crippen LogP contribution in [0.3, 0.4) is 0 Å². The number of aliphatic hydroxyl groups excluding tert-OH is 1. The van der Waals surface area contributed by atoms with Gasteiger partial charge in [-0.25, -0.2) is 0 Å². The number of aliphatic hydroxyl groups is 1. The molecule has 0 bridgehead atoms. The highest BCUT2D eigenvalue weighted by Gasteiger charge is 2.25. The van der Waals surface area contributed by atoms with Gasteiger partial charge in [0.2, 0.25) is 0 Å². The van der Waals surface area contributed by atoms with E-state index in [0.29, 0.717) is 18.4 Å². The molecule has 1 aromatic heterocycles. The Morgan fingerprint density at radius 1 is 1.35 bits per heavy atom. The van der Waals surface area contributed by atoms with Gasteiger partial charge in [-0.2, -0.15) is 0 Å². The molecule has 1 aliphatic rings. The van der Waals surface area contributed by atoms with Gasteiger partial charge in [0.05, 0.1) is 12.8 Å². The Morgan fingerprint density at radius 2 is 2.20 bits per heavy atom. The third-order valence-electron chi connectivity index (χ3n) is 3.83. The molecule has 20 heavy (non-hydrogen) atoms. The fourth-order valence-electron chi connectivity index (χ4n) is 2.74. The minimum absolute atomic E-state index is 0.0941. The highest BCUT2D eigenvalue weighted by Crippen LogP contribution is 2.30. The SMILES string of the molecule is CCC1CCCCC1Oc1cncc(C#CCCO)c1. The van der Waals surface area contributed by atoms with E-state index in [1.54, 1.807) is 12.4 Å². The summed E-state index contributed by atoms with van der Waals surface area (Å²) < 4.78 is 6.13. The summed E-state index contributed by atoms with van der Waals surface area (Å²) in [6, 6.07) is 1.94. The molecule has 3 heteroatoms. The first kappa shape index (κ1) is 14.9. The van der Waals surface area contributed by atoms with Gasteiger partial charge in [0, 0.05) is 18.2 Å². The smallest absolute Gasteiger partial charge is 0.139 e. The van der Waals surface area contributed by atoms with Gasteiger partial charge in [-0.05, 0) is 37.7 Å². The maximum atomic E-state index is 8.73. The standard InChI is InChI=1S/C17H23NO2/c1-2-15-8-3-4-9-17(15)20-16-11-14(12-18-13-16)7-5-6-10-19/h11-13,15,17,19H,2-4,6,8-10H2,1H3. The first-order chi connectivity index (χ1) is 9.83. The summed E-state index contributed by atoms with van der Waals surface area (Å²) in [4.78, 5) is 4.19. The number of hydrogen-bond donors (Lipinski definition) is 1. The van der Waals surface area contributed by atoms with Crippen LogP contribution >= 0.6 is 0 Å².